The summed E-state index contributed by atoms with van der Waals surface area (Å²) in [6.07, 6.45) is 3.48. The Balaban J connectivity index is 1.61. The zero-order valence-electron chi connectivity index (χ0n) is 18.9. The summed E-state index contributed by atoms with van der Waals surface area (Å²) >= 11 is 0. The highest BCUT2D eigenvalue weighted by atomic mass is 32.2. The molecule has 32 heavy (non-hydrogen) atoms. The van der Waals surface area contributed by atoms with E-state index in [9.17, 15) is 17.6 Å². The van der Waals surface area contributed by atoms with Gasteiger partial charge < -0.3 is 10.2 Å². The number of sulfonamides is 1. The second-order valence-electron chi connectivity index (χ2n) is 8.70. The molecule has 8 heteroatoms. The lowest BCUT2D eigenvalue weighted by atomic mass is 9.99. The van der Waals surface area contributed by atoms with Gasteiger partial charge in [0, 0.05) is 30.9 Å². The third kappa shape index (κ3) is 6.53. The van der Waals surface area contributed by atoms with E-state index in [1.807, 2.05) is 19.1 Å². The first-order chi connectivity index (χ1) is 15.1. The standard InChI is InChI=1S/C24H32FN3O3S/c1-18-7-6-14-27(15-18)22-12-10-20(11-13-22)19(2)26-24(29)17-28(32(3,30)31)16-21-8-4-5-9-23(21)25/h4-5,8-13,18-19H,6-7,14-17H2,1-3H3,(H,26,29)/t18-,19+/m1/s1. The van der Waals surface area contributed by atoms with Gasteiger partial charge in [0.05, 0.1) is 18.8 Å². The van der Waals surface area contributed by atoms with Crippen molar-refractivity contribution >= 4 is 21.6 Å². The molecule has 0 spiro atoms. The first kappa shape index (κ1) is 24.2. The van der Waals surface area contributed by atoms with Crippen molar-refractivity contribution in [1.29, 1.82) is 0 Å². The van der Waals surface area contributed by atoms with E-state index in [1.165, 1.54) is 36.7 Å². The molecule has 2 atom stereocenters. The summed E-state index contributed by atoms with van der Waals surface area (Å²) in [5.74, 6) is -0.255. The summed E-state index contributed by atoms with van der Waals surface area (Å²) < 4.78 is 39.3. The molecule has 174 valence electrons. The molecule has 0 unspecified atom stereocenters. The summed E-state index contributed by atoms with van der Waals surface area (Å²) in [4.78, 5) is 15.0. The van der Waals surface area contributed by atoms with Gasteiger partial charge in [-0.25, -0.2) is 12.8 Å². The Labute approximate surface area is 190 Å². The van der Waals surface area contributed by atoms with E-state index in [4.69, 9.17) is 0 Å². The fraction of sp³-hybridized carbons (Fsp3) is 0.458. The van der Waals surface area contributed by atoms with Crippen LogP contribution in [0.3, 0.4) is 0 Å². The Morgan fingerprint density at radius 2 is 1.91 bits per heavy atom. The normalized spacial score (nSPS) is 17.9. The lowest BCUT2D eigenvalue weighted by Crippen LogP contribution is -2.40. The highest BCUT2D eigenvalue weighted by Crippen LogP contribution is 2.24. The maximum absolute atomic E-state index is 14.0. The van der Waals surface area contributed by atoms with E-state index in [0.29, 0.717) is 5.92 Å². The number of anilines is 1. The molecule has 0 radical (unpaired) electrons. The summed E-state index contributed by atoms with van der Waals surface area (Å²) in [5, 5.41) is 2.85. The Hall–Kier alpha value is -2.45. The SMILES string of the molecule is C[C@@H]1CCCN(c2ccc([C@H](C)NC(=O)CN(Cc3ccccc3F)S(C)(=O)=O)cc2)C1. The Kier molecular flexibility index (Phi) is 7.90. The number of nitrogens with one attached hydrogen (secondary N) is 1. The number of carbonyl (C=O) groups is 1. The van der Waals surface area contributed by atoms with E-state index in [2.05, 4.69) is 29.3 Å². The molecule has 0 saturated carbocycles. The van der Waals surface area contributed by atoms with Crippen molar-refractivity contribution in [3.8, 4) is 0 Å². The predicted molar refractivity (Wildman–Crippen MR) is 125 cm³/mol. The largest absolute Gasteiger partial charge is 0.371 e. The van der Waals surface area contributed by atoms with Crippen LogP contribution >= 0.6 is 0 Å². The van der Waals surface area contributed by atoms with E-state index in [1.54, 1.807) is 6.07 Å². The van der Waals surface area contributed by atoms with Gasteiger partial charge in [0.15, 0.2) is 0 Å². The van der Waals surface area contributed by atoms with E-state index < -0.39 is 21.7 Å². The van der Waals surface area contributed by atoms with Gasteiger partial charge in [-0.1, -0.05) is 37.3 Å². The van der Waals surface area contributed by atoms with Crippen LogP contribution in [0.2, 0.25) is 0 Å². The molecule has 1 N–H and O–H groups in total. The number of carbonyl (C=O) groups excluding carboxylic acids is 1. The van der Waals surface area contributed by atoms with Gasteiger partial charge in [-0.05, 0) is 49.4 Å². The van der Waals surface area contributed by atoms with Crippen molar-refractivity contribution < 1.29 is 17.6 Å². The Bertz CT molecular complexity index is 1030. The Morgan fingerprint density at radius 1 is 1.22 bits per heavy atom. The van der Waals surface area contributed by atoms with Gasteiger partial charge in [-0.2, -0.15) is 4.31 Å². The number of piperidine rings is 1. The topological polar surface area (TPSA) is 69.7 Å². The highest BCUT2D eigenvalue weighted by Gasteiger charge is 2.23. The van der Waals surface area contributed by atoms with E-state index in [-0.39, 0.29) is 24.7 Å². The van der Waals surface area contributed by atoms with Gasteiger partial charge >= 0.3 is 0 Å². The molecule has 0 bridgehead atoms. The monoisotopic (exact) mass is 461 g/mol. The average molecular weight is 462 g/mol. The molecule has 1 saturated heterocycles. The second kappa shape index (κ2) is 10.4. The minimum atomic E-state index is -3.70. The van der Waals surface area contributed by atoms with Crippen LogP contribution in [-0.2, 0) is 21.4 Å². The first-order valence-electron chi connectivity index (χ1n) is 11.0. The quantitative estimate of drug-likeness (QED) is 0.651. The van der Waals surface area contributed by atoms with Crippen LogP contribution in [0.4, 0.5) is 10.1 Å². The molecule has 1 amide bonds. The van der Waals surface area contributed by atoms with Crippen LogP contribution in [-0.4, -0.2) is 44.5 Å². The minimum absolute atomic E-state index is 0.198. The highest BCUT2D eigenvalue weighted by molar-refractivity contribution is 7.88. The number of rotatable bonds is 8. The third-order valence-electron chi connectivity index (χ3n) is 5.89. The number of benzene rings is 2. The number of hydrogen-bond acceptors (Lipinski definition) is 4. The molecule has 6 nitrogen and oxygen atoms in total. The fourth-order valence-corrected chi connectivity index (χ4v) is 4.76. The minimum Gasteiger partial charge on any atom is -0.371 e. The lowest BCUT2D eigenvalue weighted by Gasteiger charge is -2.33. The molecule has 1 heterocycles. The summed E-state index contributed by atoms with van der Waals surface area (Å²) in [5.41, 5.74) is 2.33. The van der Waals surface area contributed by atoms with Gasteiger partial charge in [-0.15, -0.1) is 0 Å². The molecular weight excluding hydrogens is 429 g/mol. The lowest BCUT2D eigenvalue weighted by molar-refractivity contribution is -0.122. The van der Waals surface area contributed by atoms with Gasteiger partial charge in [-0.3, -0.25) is 4.79 Å². The summed E-state index contributed by atoms with van der Waals surface area (Å²) in [6, 6.07) is 13.8. The van der Waals surface area contributed by atoms with Crippen molar-refractivity contribution in [3.63, 3.8) is 0 Å². The van der Waals surface area contributed by atoms with Crippen molar-refractivity contribution in [2.75, 3.05) is 30.8 Å². The maximum atomic E-state index is 14.0. The second-order valence-corrected chi connectivity index (χ2v) is 10.7. The van der Waals surface area contributed by atoms with E-state index in [0.717, 1.165) is 29.2 Å². The first-order valence-corrected chi connectivity index (χ1v) is 12.8. The third-order valence-corrected chi connectivity index (χ3v) is 7.08. The van der Waals surface area contributed by atoms with Crippen LogP contribution < -0.4 is 10.2 Å². The van der Waals surface area contributed by atoms with Crippen LogP contribution in [0.5, 0.6) is 0 Å². The van der Waals surface area contributed by atoms with Crippen molar-refractivity contribution in [2.24, 2.45) is 5.92 Å². The summed E-state index contributed by atoms with van der Waals surface area (Å²) in [7, 11) is -3.70. The van der Waals surface area contributed by atoms with E-state index >= 15 is 0 Å². The molecular formula is C24H32FN3O3S. The molecule has 0 aromatic heterocycles. The zero-order valence-corrected chi connectivity index (χ0v) is 19.7. The van der Waals surface area contributed by atoms with Crippen molar-refractivity contribution in [2.45, 2.75) is 39.3 Å². The Morgan fingerprint density at radius 3 is 2.53 bits per heavy atom. The molecule has 1 fully saturated rings. The van der Waals surface area contributed by atoms with Crippen molar-refractivity contribution in [1.82, 2.24) is 9.62 Å². The van der Waals surface area contributed by atoms with Gasteiger partial charge in [0.2, 0.25) is 15.9 Å². The maximum Gasteiger partial charge on any atom is 0.235 e. The molecule has 2 aromatic carbocycles. The fourth-order valence-electron chi connectivity index (χ4n) is 4.04. The molecule has 2 aromatic rings. The van der Waals surface area contributed by atoms with Gasteiger partial charge in [0.25, 0.3) is 0 Å². The van der Waals surface area contributed by atoms with Crippen LogP contribution in [0.25, 0.3) is 0 Å². The number of halogens is 1. The average Bonchev–Trinajstić information content (AvgIpc) is 2.74. The summed E-state index contributed by atoms with van der Waals surface area (Å²) in [6.45, 7) is 5.66. The van der Waals surface area contributed by atoms with Crippen LogP contribution in [0.1, 0.15) is 43.9 Å². The molecule has 0 aliphatic carbocycles. The van der Waals surface area contributed by atoms with Crippen molar-refractivity contribution in [3.05, 3.63) is 65.5 Å². The molecule has 1 aliphatic rings. The van der Waals surface area contributed by atoms with Crippen LogP contribution in [0, 0.1) is 11.7 Å². The predicted octanol–water partition coefficient (Wildman–Crippen LogP) is 3.70. The zero-order chi connectivity index (χ0) is 23.3. The van der Waals surface area contributed by atoms with Gasteiger partial charge in [0.1, 0.15) is 5.82 Å². The molecule has 3 rings (SSSR count). The number of amides is 1. The number of nitrogens with zero attached hydrogens (tertiary/aromatic N) is 2. The molecule has 1 aliphatic heterocycles. The smallest absolute Gasteiger partial charge is 0.235 e. The number of hydrogen-bond donors (Lipinski definition) is 1. The van der Waals surface area contributed by atoms with Crippen LogP contribution in [0.15, 0.2) is 48.5 Å².